The number of carbonyl (C=O) groups is 2. The van der Waals surface area contributed by atoms with E-state index in [0.29, 0.717) is 11.3 Å². The highest BCUT2D eigenvalue weighted by molar-refractivity contribution is 6.07. The molecule has 6 heteroatoms. The van der Waals surface area contributed by atoms with Crippen LogP contribution in [0.3, 0.4) is 0 Å². The fourth-order valence-electron chi connectivity index (χ4n) is 3.07. The zero-order chi connectivity index (χ0) is 19.5. The Labute approximate surface area is 152 Å². The van der Waals surface area contributed by atoms with Gasteiger partial charge in [-0.05, 0) is 30.7 Å². The molecule has 0 radical (unpaired) electrons. The first-order valence-electron chi connectivity index (χ1n) is 8.00. The van der Waals surface area contributed by atoms with E-state index >= 15 is 0 Å². The third kappa shape index (κ3) is 3.70. The van der Waals surface area contributed by atoms with Crippen molar-refractivity contribution in [2.75, 3.05) is 14.2 Å². The zero-order valence-electron chi connectivity index (χ0n) is 15.0. The SMILES string of the molecule is C=C[C@H](C1=C[C@@](O)(CC(C)=O)C(OC)=CC1=O)c1ccc(OC)c(O)c1. The number of rotatable bonds is 7. The van der Waals surface area contributed by atoms with Crippen molar-refractivity contribution in [3.8, 4) is 11.5 Å². The Kier molecular flexibility index (Phi) is 5.67. The van der Waals surface area contributed by atoms with Crippen LogP contribution in [0.1, 0.15) is 24.8 Å². The fourth-order valence-corrected chi connectivity index (χ4v) is 3.07. The molecule has 6 nitrogen and oxygen atoms in total. The number of carbonyl (C=O) groups excluding carboxylic acids is 2. The van der Waals surface area contributed by atoms with Crippen molar-refractivity contribution in [1.29, 1.82) is 0 Å². The van der Waals surface area contributed by atoms with Gasteiger partial charge in [-0.2, -0.15) is 0 Å². The van der Waals surface area contributed by atoms with Crippen molar-refractivity contribution in [2.24, 2.45) is 0 Å². The van der Waals surface area contributed by atoms with Crippen LogP contribution in [0.25, 0.3) is 0 Å². The predicted molar refractivity (Wildman–Crippen MR) is 96.0 cm³/mol. The fraction of sp³-hybridized carbons (Fsp3) is 0.300. The van der Waals surface area contributed by atoms with E-state index < -0.39 is 11.5 Å². The third-order valence-corrected chi connectivity index (χ3v) is 4.24. The average Bonchev–Trinajstić information content (AvgIpc) is 2.57. The largest absolute Gasteiger partial charge is 0.504 e. The molecule has 138 valence electrons. The first kappa shape index (κ1) is 19.5. The highest BCUT2D eigenvalue weighted by Gasteiger charge is 2.39. The predicted octanol–water partition coefficient (Wildman–Crippen LogP) is 2.42. The van der Waals surface area contributed by atoms with E-state index in [9.17, 15) is 19.8 Å². The van der Waals surface area contributed by atoms with E-state index in [1.807, 2.05) is 0 Å². The summed E-state index contributed by atoms with van der Waals surface area (Å²) in [5.41, 5.74) is -0.869. The molecule has 1 aromatic carbocycles. The molecule has 2 N–H and O–H groups in total. The van der Waals surface area contributed by atoms with Gasteiger partial charge in [0.1, 0.15) is 17.1 Å². The van der Waals surface area contributed by atoms with Gasteiger partial charge in [0.25, 0.3) is 0 Å². The van der Waals surface area contributed by atoms with Crippen molar-refractivity contribution in [3.63, 3.8) is 0 Å². The average molecular weight is 358 g/mol. The van der Waals surface area contributed by atoms with E-state index in [-0.39, 0.29) is 35.1 Å². The van der Waals surface area contributed by atoms with Crippen LogP contribution in [0.5, 0.6) is 11.5 Å². The minimum atomic E-state index is -1.71. The maximum absolute atomic E-state index is 12.6. The molecule has 1 aromatic rings. The molecule has 0 spiro atoms. The summed E-state index contributed by atoms with van der Waals surface area (Å²) in [4.78, 5) is 24.1. The Morgan fingerprint density at radius 1 is 1.35 bits per heavy atom. The number of aromatic hydroxyl groups is 1. The molecule has 0 aliphatic heterocycles. The smallest absolute Gasteiger partial charge is 0.186 e. The molecular formula is C20H22O6. The van der Waals surface area contributed by atoms with Crippen molar-refractivity contribution in [3.05, 3.63) is 59.9 Å². The van der Waals surface area contributed by atoms with Crippen LogP contribution in [-0.2, 0) is 14.3 Å². The maximum Gasteiger partial charge on any atom is 0.186 e. The van der Waals surface area contributed by atoms with Gasteiger partial charge in [0.05, 0.1) is 14.2 Å². The summed E-state index contributed by atoms with van der Waals surface area (Å²) in [6, 6.07) is 4.74. The van der Waals surface area contributed by atoms with Gasteiger partial charge in [0.2, 0.25) is 0 Å². The Balaban J connectivity index is 2.52. The summed E-state index contributed by atoms with van der Waals surface area (Å²) in [5, 5.41) is 20.9. The number of hydrogen-bond donors (Lipinski definition) is 2. The van der Waals surface area contributed by atoms with Crippen LogP contribution in [0.15, 0.2) is 54.3 Å². The van der Waals surface area contributed by atoms with Crippen molar-refractivity contribution in [1.82, 2.24) is 0 Å². The Hall–Kier alpha value is -2.86. The highest BCUT2D eigenvalue weighted by atomic mass is 16.5. The molecule has 0 saturated carbocycles. The number of aliphatic hydroxyl groups is 1. The highest BCUT2D eigenvalue weighted by Crippen LogP contribution is 2.38. The van der Waals surface area contributed by atoms with E-state index in [1.54, 1.807) is 12.1 Å². The van der Waals surface area contributed by atoms with Crippen molar-refractivity contribution >= 4 is 11.6 Å². The van der Waals surface area contributed by atoms with E-state index in [0.717, 1.165) is 0 Å². The Morgan fingerprint density at radius 2 is 2.04 bits per heavy atom. The lowest BCUT2D eigenvalue weighted by molar-refractivity contribution is -0.121. The van der Waals surface area contributed by atoms with Gasteiger partial charge in [0, 0.05) is 24.0 Å². The minimum Gasteiger partial charge on any atom is -0.504 e. The van der Waals surface area contributed by atoms with E-state index in [2.05, 4.69) is 6.58 Å². The number of methoxy groups -OCH3 is 2. The summed E-state index contributed by atoms with van der Waals surface area (Å²) in [7, 11) is 2.77. The van der Waals surface area contributed by atoms with Crippen LogP contribution in [0.2, 0.25) is 0 Å². The second-order valence-electron chi connectivity index (χ2n) is 6.12. The van der Waals surface area contributed by atoms with Gasteiger partial charge in [0.15, 0.2) is 17.3 Å². The van der Waals surface area contributed by atoms with Crippen LogP contribution in [0.4, 0.5) is 0 Å². The number of benzene rings is 1. The quantitative estimate of drug-likeness (QED) is 0.727. The van der Waals surface area contributed by atoms with Crippen molar-refractivity contribution in [2.45, 2.75) is 24.9 Å². The Bertz CT molecular complexity index is 805. The summed E-state index contributed by atoms with van der Waals surface area (Å²) >= 11 is 0. The third-order valence-electron chi connectivity index (χ3n) is 4.24. The molecule has 0 saturated heterocycles. The number of Topliss-reactive ketones (excluding diaryl/α,β-unsaturated/α-hetero) is 1. The molecule has 0 fully saturated rings. The van der Waals surface area contributed by atoms with Crippen molar-refractivity contribution < 1.29 is 29.3 Å². The molecule has 26 heavy (non-hydrogen) atoms. The first-order chi connectivity index (χ1) is 12.3. The molecule has 0 amide bonds. The normalized spacial score (nSPS) is 20.7. The standard InChI is InChI=1S/C20H22O6/c1-5-14(13-6-7-18(25-3)17(23)8-13)15-11-20(24,10-12(2)21)19(26-4)9-16(15)22/h5-9,11,14,23-24H,1,10H2,2-4H3/t14-,20-/m0/s1. The van der Waals surface area contributed by atoms with Gasteiger partial charge >= 0.3 is 0 Å². The lowest BCUT2D eigenvalue weighted by atomic mass is 9.79. The van der Waals surface area contributed by atoms with E-state index in [1.165, 1.54) is 45.4 Å². The molecule has 2 rings (SSSR count). The molecule has 0 unspecified atom stereocenters. The summed E-state index contributed by atoms with van der Waals surface area (Å²) < 4.78 is 10.1. The molecular weight excluding hydrogens is 336 g/mol. The number of ketones is 2. The second-order valence-corrected chi connectivity index (χ2v) is 6.12. The topological polar surface area (TPSA) is 93.1 Å². The monoisotopic (exact) mass is 358 g/mol. The van der Waals surface area contributed by atoms with Gasteiger partial charge in [-0.1, -0.05) is 12.1 Å². The first-order valence-corrected chi connectivity index (χ1v) is 8.00. The number of phenolic OH excluding ortho intramolecular Hbond substituents is 1. The second kappa shape index (κ2) is 7.58. The summed E-state index contributed by atoms with van der Waals surface area (Å²) in [5.74, 6) is -0.967. The maximum atomic E-state index is 12.6. The lowest BCUT2D eigenvalue weighted by Gasteiger charge is -2.31. The molecule has 0 aromatic heterocycles. The van der Waals surface area contributed by atoms with Gasteiger partial charge in [-0.3, -0.25) is 9.59 Å². The number of hydrogen-bond acceptors (Lipinski definition) is 6. The van der Waals surface area contributed by atoms with Gasteiger partial charge in [-0.25, -0.2) is 0 Å². The molecule has 0 bridgehead atoms. The number of phenols is 1. The molecule has 1 aliphatic rings. The summed E-state index contributed by atoms with van der Waals surface area (Å²) in [6.45, 7) is 5.11. The molecule has 1 aliphatic carbocycles. The van der Waals surface area contributed by atoms with Crippen LogP contribution in [-0.4, -0.2) is 41.6 Å². The molecule has 0 heterocycles. The van der Waals surface area contributed by atoms with Gasteiger partial charge < -0.3 is 19.7 Å². The molecule has 2 atom stereocenters. The number of allylic oxidation sites excluding steroid dienone is 3. The van der Waals surface area contributed by atoms with E-state index in [4.69, 9.17) is 9.47 Å². The van der Waals surface area contributed by atoms with Crippen LogP contribution in [0, 0.1) is 0 Å². The number of ether oxygens (including phenoxy) is 2. The Morgan fingerprint density at radius 3 is 2.54 bits per heavy atom. The van der Waals surface area contributed by atoms with Gasteiger partial charge in [-0.15, -0.1) is 6.58 Å². The zero-order valence-corrected chi connectivity index (χ0v) is 15.0. The lowest BCUT2D eigenvalue weighted by Crippen LogP contribution is -2.37. The van der Waals surface area contributed by atoms with Crippen LogP contribution >= 0.6 is 0 Å². The summed E-state index contributed by atoms with van der Waals surface area (Å²) in [6.07, 6.45) is 3.83. The van der Waals surface area contributed by atoms with Crippen LogP contribution < -0.4 is 4.74 Å². The minimum absolute atomic E-state index is 0.0156.